The number of rotatable bonds is 0. The molecule has 0 saturated heterocycles. The molecule has 1 saturated carbocycles. The molecule has 2 aromatic carbocycles. The van der Waals surface area contributed by atoms with Gasteiger partial charge in [0.1, 0.15) is 0 Å². The molecule has 0 amide bonds. The molecule has 0 bridgehead atoms. The zero-order valence-electron chi connectivity index (χ0n) is 16.4. The molecule has 0 spiro atoms. The van der Waals surface area contributed by atoms with Gasteiger partial charge in [0.15, 0.2) is 0 Å². The van der Waals surface area contributed by atoms with Crippen LogP contribution in [0.1, 0.15) is 66.0 Å². The van der Waals surface area contributed by atoms with Crippen LogP contribution in [0.2, 0.25) is 0 Å². The van der Waals surface area contributed by atoms with Crippen LogP contribution in [-0.4, -0.2) is 0 Å². The van der Waals surface area contributed by atoms with Gasteiger partial charge < -0.3 is 0 Å². The van der Waals surface area contributed by atoms with E-state index in [4.69, 9.17) is 0 Å². The molecule has 0 aliphatic heterocycles. The Morgan fingerprint density at radius 1 is 0.692 bits per heavy atom. The molecule has 1 aliphatic carbocycles. The topological polar surface area (TPSA) is 0 Å². The summed E-state index contributed by atoms with van der Waals surface area (Å²) in [5.74, 6) is 14.9. The van der Waals surface area contributed by atoms with Crippen LogP contribution < -0.4 is 0 Å². The Bertz CT molecular complexity index is 883. The molecular formula is C26H28. The van der Waals surface area contributed by atoms with Gasteiger partial charge in [-0.1, -0.05) is 36.7 Å². The Morgan fingerprint density at radius 2 is 1.27 bits per heavy atom. The molecule has 1 fully saturated rings. The molecule has 2 aromatic rings. The first-order valence-electron chi connectivity index (χ1n) is 9.73. The summed E-state index contributed by atoms with van der Waals surface area (Å²) in [6.45, 7) is 8.76. The second kappa shape index (κ2) is 8.29. The minimum atomic E-state index is 0.582. The van der Waals surface area contributed by atoms with Crippen molar-refractivity contribution < 1.29 is 0 Å². The second-order valence-corrected chi connectivity index (χ2v) is 7.80. The largest absolute Gasteiger partial charge is 0.0945 e. The van der Waals surface area contributed by atoms with E-state index in [-0.39, 0.29) is 0 Å². The molecule has 132 valence electrons. The summed E-state index contributed by atoms with van der Waals surface area (Å²) in [7, 11) is 0. The lowest BCUT2D eigenvalue weighted by atomic mass is 9.83. The number of hydrogen-bond donors (Lipinski definition) is 0. The zero-order valence-corrected chi connectivity index (χ0v) is 16.4. The molecule has 0 atom stereocenters. The van der Waals surface area contributed by atoms with Gasteiger partial charge in [-0.15, -0.1) is 0 Å². The van der Waals surface area contributed by atoms with E-state index in [9.17, 15) is 0 Å². The summed E-state index contributed by atoms with van der Waals surface area (Å²) in [6, 6.07) is 12.7. The normalized spacial score (nSPS) is 19.1. The first-order chi connectivity index (χ1) is 12.5. The van der Waals surface area contributed by atoms with E-state index < -0.39 is 0 Å². The van der Waals surface area contributed by atoms with Crippen molar-refractivity contribution >= 4 is 0 Å². The predicted molar refractivity (Wildman–Crippen MR) is 111 cm³/mol. The van der Waals surface area contributed by atoms with Gasteiger partial charge in [-0.25, -0.2) is 0 Å². The fourth-order valence-electron chi connectivity index (χ4n) is 3.46. The minimum Gasteiger partial charge on any atom is -0.0945 e. The maximum atomic E-state index is 3.47. The standard InChI is InChI=1S/C26H28/c1-19-5-7-23(8-6-19)9-10-24-11-13-25(14-12-24)15-16-26-18-21(3)20(2)17-22(26)4/h11-14,17-19,23H,5-8H2,1-4H3. The molecule has 0 aromatic heterocycles. The minimum absolute atomic E-state index is 0.582. The van der Waals surface area contributed by atoms with Gasteiger partial charge in [-0.2, -0.15) is 0 Å². The van der Waals surface area contributed by atoms with Gasteiger partial charge in [0, 0.05) is 22.6 Å². The highest BCUT2D eigenvalue weighted by Gasteiger charge is 2.15. The van der Waals surface area contributed by atoms with E-state index in [0.29, 0.717) is 5.92 Å². The number of aryl methyl sites for hydroxylation is 3. The quantitative estimate of drug-likeness (QED) is 0.502. The first kappa shape index (κ1) is 18.4. The van der Waals surface area contributed by atoms with Crippen molar-refractivity contribution in [1.82, 2.24) is 0 Å². The Kier molecular flexibility index (Phi) is 5.85. The van der Waals surface area contributed by atoms with E-state index in [2.05, 4.69) is 87.8 Å². The molecule has 0 nitrogen and oxygen atoms in total. The van der Waals surface area contributed by atoms with E-state index in [0.717, 1.165) is 22.6 Å². The van der Waals surface area contributed by atoms with Gasteiger partial charge in [0.05, 0.1) is 0 Å². The smallest absolute Gasteiger partial charge is 0.0281 e. The fraction of sp³-hybridized carbons (Fsp3) is 0.385. The lowest BCUT2D eigenvalue weighted by Gasteiger charge is -2.21. The van der Waals surface area contributed by atoms with Crippen molar-refractivity contribution in [3.8, 4) is 23.7 Å². The van der Waals surface area contributed by atoms with E-state index in [1.165, 1.54) is 42.4 Å². The molecule has 0 unspecified atom stereocenters. The summed E-state index contributed by atoms with van der Waals surface area (Å²) >= 11 is 0. The van der Waals surface area contributed by atoms with Gasteiger partial charge in [0.25, 0.3) is 0 Å². The van der Waals surface area contributed by atoms with E-state index in [1.54, 1.807) is 0 Å². The third-order valence-electron chi connectivity index (χ3n) is 5.50. The maximum Gasteiger partial charge on any atom is 0.0281 e. The van der Waals surface area contributed by atoms with Gasteiger partial charge >= 0.3 is 0 Å². The van der Waals surface area contributed by atoms with Crippen molar-refractivity contribution in [2.75, 3.05) is 0 Å². The summed E-state index contributed by atoms with van der Waals surface area (Å²) in [4.78, 5) is 0. The van der Waals surface area contributed by atoms with Gasteiger partial charge in [-0.3, -0.25) is 0 Å². The van der Waals surface area contributed by atoms with Crippen LogP contribution in [0.5, 0.6) is 0 Å². The van der Waals surface area contributed by atoms with Crippen LogP contribution in [0, 0.1) is 56.3 Å². The highest BCUT2D eigenvalue weighted by molar-refractivity contribution is 5.50. The van der Waals surface area contributed by atoms with Crippen molar-refractivity contribution in [3.63, 3.8) is 0 Å². The Morgan fingerprint density at radius 3 is 1.92 bits per heavy atom. The van der Waals surface area contributed by atoms with Crippen LogP contribution in [-0.2, 0) is 0 Å². The molecule has 0 N–H and O–H groups in total. The highest BCUT2D eigenvalue weighted by atomic mass is 14.2. The van der Waals surface area contributed by atoms with Gasteiger partial charge in [0.2, 0.25) is 0 Å². The highest BCUT2D eigenvalue weighted by Crippen LogP contribution is 2.27. The Labute approximate surface area is 159 Å². The molecular weight excluding hydrogens is 312 g/mol. The summed E-state index contributed by atoms with van der Waals surface area (Å²) in [5.41, 5.74) is 7.11. The van der Waals surface area contributed by atoms with Crippen LogP contribution >= 0.6 is 0 Å². The summed E-state index contributed by atoms with van der Waals surface area (Å²) < 4.78 is 0. The Balaban J connectivity index is 1.69. The predicted octanol–water partition coefficient (Wildman–Crippen LogP) is 6.19. The summed E-state index contributed by atoms with van der Waals surface area (Å²) in [6.07, 6.45) is 5.16. The molecule has 0 heterocycles. The van der Waals surface area contributed by atoms with Crippen molar-refractivity contribution in [3.05, 3.63) is 69.8 Å². The average Bonchev–Trinajstić information content (AvgIpc) is 2.64. The number of hydrogen-bond acceptors (Lipinski definition) is 0. The van der Waals surface area contributed by atoms with E-state index in [1.807, 2.05) is 0 Å². The fourth-order valence-corrected chi connectivity index (χ4v) is 3.46. The lowest BCUT2D eigenvalue weighted by molar-refractivity contribution is 0.337. The first-order valence-corrected chi connectivity index (χ1v) is 9.73. The second-order valence-electron chi connectivity index (χ2n) is 7.80. The van der Waals surface area contributed by atoms with Crippen molar-refractivity contribution in [1.29, 1.82) is 0 Å². The van der Waals surface area contributed by atoms with Gasteiger partial charge in [-0.05, 0) is 99.4 Å². The SMILES string of the molecule is Cc1cc(C)c(C#Cc2ccc(C#CC3CCC(C)CC3)cc2)cc1C. The van der Waals surface area contributed by atoms with E-state index >= 15 is 0 Å². The third kappa shape index (κ3) is 4.80. The van der Waals surface area contributed by atoms with Crippen LogP contribution in [0.15, 0.2) is 36.4 Å². The van der Waals surface area contributed by atoms with Crippen LogP contribution in [0.3, 0.4) is 0 Å². The molecule has 0 heteroatoms. The maximum absolute atomic E-state index is 3.47. The Hall–Kier alpha value is -2.44. The lowest BCUT2D eigenvalue weighted by Crippen LogP contribution is -2.10. The van der Waals surface area contributed by atoms with Crippen molar-refractivity contribution in [2.45, 2.75) is 53.4 Å². The molecule has 1 aliphatic rings. The summed E-state index contributed by atoms with van der Waals surface area (Å²) in [5, 5.41) is 0. The monoisotopic (exact) mass is 340 g/mol. The molecule has 3 rings (SSSR count). The number of benzene rings is 2. The van der Waals surface area contributed by atoms with Crippen LogP contribution in [0.4, 0.5) is 0 Å². The third-order valence-corrected chi connectivity index (χ3v) is 5.50. The molecule has 0 radical (unpaired) electrons. The van der Waals surface area contributed by atoms with Crippen LogP contribution in [0.25, 0.3) is 0 Å². The molecule has 26 heavy (non-hydrogen) atoms. The van der Waals surface area contributed by atoms with Crippen molar-refractivity contribution in [2.24, 2.45) is 11.8 Å². The zero-order chi connectivity index (χ0) is 18.5. The average molecular weight is 341 g/mol.